The summed E-state index contributed by atoms with van der Waals surface area (Å²) in [5, 5.41) is 6.42. The van der Waals surface area contributed by atoms with E-state index in [9.17, 15) is 0 Å². The van der Waals surface area contributed by atoms with Gasteiger partial charge in [0.1, 0.15) is 11.4 Å². The molecule has 3 rings (SSSR count). The van der Waals surface area contributed by atoms with Crippen molar-refractivity contribution in [2.24, 2.45) is 0 Å². The van der Waals surface area contributed by atoms with E-state index >= 15 is 0 Å². The second-order valence-electron chi connectivity index (χ2n) is 3.94. The van der Waals surface area contributed by atoms with E-state index in [2.05, 4.69) is 5.16 Å². The molecule has 0 aliphatic rings. The third-order valence-corrected chi connectivity index (χ3v) is 3.00. The highest BCUT2D eigenvalue weighted by Gasteiger charge is 2.06. The monoisotopic (exact) mass is 259 g/mol. The second-order valence-corrected chi connectivity index (χ2v) is 4.32. The lowest BCUT2D eigenvalue weighted by atomic mass is 10.1. The van der Waals surface area contributed by atoms with Gasteiger partial charge >= 0.3 is 0 Å². The van der Waals surface area contributed by atoms with Gasteiger partial charge in [0.2, 0.25) is 5.22 Å². The van der Waals surface area contributed by atoms with Crippen LogP contribution in [0.2, 0.25) is 5.22 Å². The lowest BCUT2D eigenvalue weighted by Gasteiger charge is -2.03. The van der Waals surface area contributed by atoms with Crippen LogP contribution in [0.5, 0.6) is 5.75 Å². The lowest BCUT2D eigenvalue weighted by Crippen LogP contribution is -1.83. The highest BCUT2D eigenvalue weighted by molar-refractivity contribution is 6.29. The first-order valence-corrected chi connectivity index (χ1v) is 5.84. The Labute approximate surface area is 109 Å². The summed E-state index contributed by atoms with van der Waals surface area (Å²) in [7, 11) is 1.66. The molecule has 1 heterocycles. The number of aromatic nitrogens is 1. The summed E-state index contributed by atoms with van der Waals surface area (Å²) >= 11 is 5.72. The Morgan fingerprint density at radius 1 is 1.06 bits per heavy atom. The van der Waals surface area contributed by atoms with Gasteiger partial charge in [0, 0.05) is 11.6 Å². The number of rotatable bonds is 2. The number of hydrogen-bond donors (Lipinski definition) is 0. The van der Waals surface area contributed by atoms with Crippen molar-refractivity contribution in [3.05, 3.63) is 47.7 Å². The normalized spacial score (nSPS) is 10.8. The predicted octanol–water partition coefficient (Wildman–Crippen LogP) is 4.16. The first-order chi connectivity index (χ1) is 8.76. The van der Waals surface area contributed by atoms with Gasteiger partial charge in [0.25, 0.3) is 0 Å². The maximum atomic E-state index is 5.72. The van der Waals surface area contributed by atoms with Crippen LogP contribution in [0, 0.1) is 0 Å². The van der Waals surface area contributed by atoms with Gasteiger partial charge in [-0.25, -0.2) is 0 Å². The molecule has 0 fully saturated rings. The highest BCUT2D eigenvalue weighted by atomic mass is 35.5. The minimum atomic E-state index is 0.292. The molecular formula is C14H10ClNO2. The van der Waals surface area contributed by atoms with Crippen LogP contribution in [-0.2, 0) is 0 Å². The van der Waals surface area contributed by atoms with Gasteiger partial charge in [-0.3, -0.25) is 0 Å². The van der Waals surface area contributed by atoms with Crippen LogP contribution >= 0.6 is 11.6 Å². The molecule has 0 N–H and O–H groups in total. The van der Waals surface area contributed by atoms with Gasteiger partial charge in [0.05, 0.1) is 7.11 Å². The van der Waals surface area contributed by atoms with Crippen molar-refractivity contribution < 1.29 is 9.26 Å². The van der Waals surface area contributed by atoms with Crippen molar-refractivity contribution in [1.82, 2.24) is 5.16 Å². The van der Waals surface area contributed by atoms with Gasteiger partial charge in [0.15, 0.2) is 0 Å². The molecule has 0 amide bonds. The van der Waals surface area contributed by atoms with Crippen LogP contribution in [0.1, 0.15) is 0 Å². The Kier molecular flexibility index (Phi) is 2.68. The molecule has 0 aliphatic heterocycles. The molecule has 0 atom stereocenters. The molecule has 0 bridgehead atoms. The molecule has 0 radical (unpaired) electrons. The highest BCUT2D eigenvalue weighted by Crippen LogP contribution is 2.27. The molecule has 3 aromatic rings. The molecule has 2 aromatic carbocycles. The molecule has 3 nitrogen and oxygen atoms in total. The third kappa shape index (κ3) is 1.93. The van der Waals surface area contributed by atoms with Crippen molar-refractivity contribution >= 4 is 22.4 Å². The van der Waals surface area contributed by atoms with E-state index in [-0.39, 0.29) is 0 Å². The first kappa shape index (κ1) is 11.1. The Bertz CT molecular complexity index is 706. The van der Waals surface area contributed by atoms with Gasteiger partial charge in [-0.05, 0) is 40.6 Å². The van der Waals surface area contributed by atoms with E-state index in [4.69, 9.17) is 20.9 Å². The third-order valence-electron chi connectivity index (χ3n) is 2.82. The topological polar surface area (TPSA) is 35.3 Å². The molecule has 90 valence electrons. The lowest BCUT2D eigenvalue weighted by molar-refractivity contribution is 0.415. The average Bonchev–Trinajstić information content (AvgIpc) is 2.84. The summed E-state index contributed by atoms with van der Waals surface area (Å²) < 4.78 is 10.1. The fourth-order valence-electron chi connectivity index (χ4n) is 1.90. The van der Waals surface area contributed by atoms with Gasteiger partial charge in [-0.2, -0.15) is 0 Å². The van der Waals surface area contributed by atoms with Gasteiger partial charge in [-0.1, -0.05) is 23.4 Å². The fourth-order valence-corrected chi connectivity index (χ4v) is 2.04. The largest absolute Gasteiger partial charge is 0.497 e. The summed E-state index contributed by atoms with van der Waals surface area (Å²) in [5.41, 5.74) is 1.71. The zero-order valence-electron chi connectivity index (χ0n) is 9.68. The minimum Gasteiger partial charge on any atom is -0.497 e. The number of nitrogens with zero attached hydrogens (tertiary/aromatic N) is 1. The summed E-state index contributed by atoms with van der Waals surface area (Å²) in [4.78, 5) is 0. The Hall–Kier alpha value is -2.00. The van der Waals surface area contributed by atoms with E-state index in [1.165, 1.54) is 0 Å². The van der Waals surface area contributed by atoms with Crippen LogP contribution in [0.15, 0.2) is 47.0 Å². The Morgan fingerprint density at radius 2 is 1.83 bits per heavy atom. The second kappa shape index (κ2) is 4.35. The SMILES string of the molecule is COc1ccc2cc(-c3cc(Cl)on3)ccc2c1. The van der Waals surface area contributed by atoms with E-state index < -0.39 is 0 Å². The van der Waals surface area contributed by atoms with Crippen molar-refractivity contribution in [3.8, 4) is 17.0 Å². The molecule has 4 heteroatoms. The fraction of sp³-hybridized carbons (Fsp3) is 0.0714. The van der Waals surface area contributed by atoms with Crippen LogP contribution in [0.3, 0.4) is 0 Å². The summed E-state index contributed by atoms with van der Waals surface area (Å²) in [6, 6.07) is 13.7. The Balaban J connectivity index is 2.11. The maximum absolute atomic E-state index is 5.72. The van der Waals surface area contributed by atoms with Crippen molar-refractivity contribution in [3.63, 3.8) is 0 Å². The molecule has 1 aromatic heterocycles. The number of fused-ring (bicyclic) bond motifs is 1. The predicted molar refractivity (Wildman–Crippen MR) is 71.0 cm³/mol. The number of ether oxygens (including phenoxy) is 1. The number of benzene rings is 2. The molecule has 0 spiro atoms. The van der Waals surface area contributed by atoms with E-state index in [0.717, 1.165) is 27.8 Å². The van der Waals surface area contributed by atoms with E-state index in [1.54, 1.807) is 13.2 Å². The number of hydrogen-bond acceptors (Lipinski definition) is 3. The summed E-state index contributed by atoms with van der Waals surface area (Å²) in [6.07, 6.45) is 0. The maximum Gasteiger partial charge on any atom is 0.226 e. The summed E-state index contributed by atoms with van der Waals surface area (Å²) in [6.45, 7) is 0. The molecule has 0 unspecified atom stereocenters. The molecular weight excluding hydrogens is 250 g/mol. The first-order valence-electron chi connectivity index (χ1n) is 5.47. The minimum absolute atomic E-state index is 0.292. The van der Waals surface area contributed by atoms with Gasteiger partial charge in [-0.15, -0.1) is 0 Å². The standard InChI is InChI=1S/C14H10ClNO2/c1-17-12-5-4-9-6-11(3-2-10(9)7-12)13-8-14(15)18-16-13/h2-8H,1H3. The smallest absolute Gasteiger partial charge is 0.226 e. The van der Waals surface area contributed by atoms with E-state index in [1.807, 2.05) is 36.4 Å². The molecule has 0 saturated carbocycles. The van der Waals surface area contributed by atoms with Crippen molar-refractivity contribution in [2.75, 3.05) is 7.11 Å². The zero-order chi connectivity index (χ0) is 12.5. The van der Waals surface area contributed by atoms with Crippen LogP contribution in [-0.4, -0.2) is 12.3 Å². The quantitative estimate of drug-likeness (QED) is 0.693. The van der Waals surface area contributed by atoms with Crippen molar-refractivity contribution in [1.29, 1.82) is 0 Å². The molecule has 18 heavy (non-hydrogen) atoms. The number of methoxy groups -OCH3 is 1. The van der Waals surface area contributed by atoms with Crippen molar-refractivity contribution in [2.45, 2.75) is 0 Å². The average molecular weight is 260 g/mol. The van der Waals surface area contributed by atoms with Crippen LogP contribution in [0.4, 0.5) is 0 Å². The Morgan fingerprint density at radius 3 is 2.56 bits per heavy atom. The van der Waals surface area contributed by atoms with Crippen LogP contribution < -0.4 is 4.74 Å². The summed E-state index contributed by atoms with van der Waals surface area (Å²) in [5.74, 6) is 0.847. The molecule has 0 aliphatic carbocycles. The van der Waals surface area contributed by atoms with Crippen LogP contribution in [0.25, 0.3) is 22.0 Å². The number of halogens is 1. The van der Waals surface area contributed by atoms with Gasteiger partial charge < -0.3 is 9.26 Å². The van der Waals surface area contributed by atoms with E-state index in [0.29, 0.717) is 5.22 Å². The zero-order valence-corrected chi connectivity index (χ0v) is 10.4. The molecule has 0 saturated heterocycles.